The van der Waals surface area contributed by atoms with E-state index in [1.165, 1.54) is 0 Å². The van der Waals surface area contributed by atoms with Gasteiger partial charge < -0.3 is 9.16 Å². The summed E-state index contributed by atoms with van der Waals surface area (Å²) in [5, 5.41) is -0.335. The molecule has 1 fully saturated rings. The molecule has 0 unspecified atom stereocenters. The van der Waals surface area contributed by atoms with Crippen molar-refractivity contribution in [3.8, 4) is 0 Å². The van der Waals surface area contributed by atoms with Gasteiger partial charge in [0.1, 0.15) is 11.7 Å². The van der Waals surface area contributed by atoms with E-state index in [0.717, 1.165) is 17.4 Å². The van der Waals surface area contributed by atoms with Crippen molar-refractivity contribution in [3.05, 3.63) is 0 Å². The minimum absolute atomic E-state index is 0.000198. The molecule has 1 heterocycles. The van der Waals surface area contributed by atoms with Gasteiger partial charge in [0.2, 0.25) is 5.91 Å². The summed E-state index contributed by atoms with van der Waals surface area (Å²) in [6.07, 6.45) is -1.74. The van der Waals surface area contributed by atoms with E-state index in [1.54, 1.807) is 20.8 Å². The fourth-order valence-electron chi connectivity index (χ4n) is 3.08. The maximum atomic E-state index is 12.9. The molecule has 2 amide bonds. The smallest absolute Gasteiger partial charge is 0.417 e. The monoisotopic (exact) mass is 545 g/mol. The molecule has 0 aromatic rings. The highest BCUT2D eigenvalue weighted by Crippen LogP contribution is 2.40. The van der Waals surface area contributed by atoms with Gasteiger partial charge in [-0.15, -0.1) is 0 Å². The van der Waals surface area contributed by atoms with Gasteiger partial charge >= 0.3 is 6.09 Å². The molecular formula is C20H39NO10S2Si. The number of imide groups is 1. The van der Waals surface area contributed by atoms with E-state index in [1.807, 2.05) is 33.9 Å². The second kappa shape index (κ2) is 10.5. The van der Waals surface area contributed by atoms with Crippen molar-refractivity contribution >= 4 is 40.6 Å². The molecule has 0 bridgehead atoms. The first-order valence-electron chi connectivity index (χ1n) is 10.9. The molecule has 0 saturated carbocycles. The Morgan fingerprint density at radius 1 is 1.06 bits per heavy atom. The number of rotatable bonds is 9. The van der Waals surface area contributed by atoms with E-state index in [9.17, 15) is 26.4 Å². The zero-order chi connectivity index (χ0) is 26.9. The summed E-state index contributed by atoms with van der Waals surface area (Å²) in [5.74, 6) is -0.509. The molecule has 0 aromatic carbocycles. The van der Waals surface area contributed by atoms with Crippen molar-refractivity contribution in [2.24, 2.45) is 0 Å². The van der Waals surface area contributed by atoms with Crippen LogP contribution < -0.4 is 0 Å². The van der Waals surface area contributed by atoms with Crippen LogP contribution in [0.25, 0.3) is 0 Å². The first kappa shape index (κ1) is 31.0. The van der Waals surface area contributed by atoms with Crippen LogP contribution in [0.4, 0.5) is 4.79 Å². The van der Waals surface area contributed by atoms with Crippen LogP contribution in [-0.2, 0) is 42.6 Å². The largest absolute Gasteiger partial charge is 0.443 e. The summed E-state index contributed by atoms with van der Waals surface area (Å²) in [6, 6.07) is -0.952. The van der Waals surface area contributed by atoms with Gasteiger partial charge in [-0.2, -0.15) is 16.8 Å². The van der Waals surface area contributed by atoms with Gasteiger partial charge in [-0.3, -0.25) is 13.2 Å². The average Bonchev–Trinajstić information content (AvgIpc) is 2.93. The van der Waals surface area contributed by atoms with Crippen molar-refractivity contribution in [1.29, 1.82) is 0 Å². The highest BCUT2D eigenvalue weighted by Gasteiger charge is 2.50. The Bertz CT molecular complexity index is 964. The second-order valence-corrected chi connectivity index (χ2v) is 19.0. The van der Waals surface area contributed by atoms with Crippen LogP contribution in [0.1, 0.15) is 54.4 Å². The van der Waals surface area contributed by atoms with E-state index >= 15 is 0 Å². The lowest BCUT2D eigenvalue weighted by Gasteiger charge is -2.44. The molecule has 14 heteroatoms. The summed E-state index contributed by atoms with van der Waals surface area (Å²) in [7, 11) is -10.7. The van der Waals surface area contributed by atoms with Crippen LogP contribution >= 0.6 is 0 Å². The van der Waals surface area contributed by atoms with Gasteiger partial charge in [-0.25, -0.2) is 9.69 Å². The molecule has 200 valence electrons. The Balaban J connectivity index is 3.57. The lowest BCUT2D eigenvalue weighted by atomic mass is 10.0. The fourth-order valence-corrected chi connectivity index (χ4v) is 5.42. The van der Waals surface area contributed by atoms with Crippen LogP contribution in [0, 0.1) is 0 Å². The molecule has 1 saturated heterocycles. The number of hydrogen-bond donors (Lipinski definition) is 0. The maximum Gasteiger partial charge on any atom is 0.417 e. The van der Waals surface area contributed by atoms with Crippen LogP contribution in [-0.4, -0.2) is 85.0 Å². The van der Waals surface area contributed by atoms with Crippen molar-refractivity contribution in [2.45, 2.75) is 96.4 Å². The predicted octanol–water partition coefficient (Wildman–Crippen LogP) is 2.62. The number of nitrogens with zero attached hydrogens (tertiary/aromatic N) is 1. The molecule has 0 radical (unpaired) electrons. The molecule has 11 nitrogen and oxygen atoms in total. The Hall–Kier alpha value is -1.06. The fraction of sp³-hybridized carbons (Fsp3) is 0.900. The van der Waals surface area contributed by atoms with Gasteiger partial charge in [-0.05, 0) is 45.3 Å². The van der Waals surface area contributed by atoms with Crippen LogP contribution in [0.5, 0.6) is 0 Å². The van der Waals surface area contributed by atoms with E-state index in [-0.39, 0.29) is 17.9 Å². The molecule has 1 aliphatic heterocycles. The normalized spacial score (nSPS) is 20.4. The molecular weight excluding hydrogens is 506 g/mol. The average molecular weight is 546 g/mol. The van der Waals surface area contributed by atoms with Crippen molar-refractivity contribution < 1.29 is 44.0 Å². The summed E-state index contributed by atoms with van der Waals surface area (Å²) >= 11 is 0. The Morgan fingerprint density at radius 3 is 2.00 bits per heavy atom. The first-order valence-corrected chi connectivity index (χ1v) is 17.4. The molecule has 0 aliphatic carbocycles. The molecule has 34 heavy (non-hydrogen) atoms. The zero-order valence-electron chi connectivity index (χ0n) is 21.7. The summed E-state index contributed by atoms with van der Waals surface area (Å²) < 4.78 is 69.5. The highest BCUT2D eigenvalue weighted by atomic mass is 32.2. The second-order valence-electron chi connectivity index (χ2n) is 11.0. The number of amides is 2. The van der Waals surface area contributed by atoms with Gasteiger partial charge in [0.25, 0.3) is 20.2 Å². The quantitative estimate of drug-likeness (QED) is 0.313. The predicted molar refractivity (Wildman–Crippen MR) is 129 cm³/mol. The van der Waals surface area contributed by atoms with Crippen LogP contribution in [0.3, 0.4) is 0 Å². The van der Waals surface area contributed by atoms with Crippen molar-refractivity contribution in [3.63, 3.8) is 0 Å². The third kappa shape index (κ3) is 9.53. The van der Waals surface area contributed by atoms with Gasteiger partial charge in [0, 0.05) is 6.42 Å². The Kier molecular flexibility index (Phi) is 9.57. The number of carbonyl (C=O) groups excluding carboxylic acids is 2. The summed E-state index contributed by atoms with van der Waals surface area (Å²) in [5.41, 5.74) is -0.887. The molecule has 1 rings (SSSR count). The van der Waals surface area contributed by atoms with E-state index in [4.69, 9.17) is 17.5 Å². The summed E-state index contributed by atoms with van der Waals surface area (Å²) in [6.45, 7) is 14.0. The zero-order valence-corrected chi connectivity index (χ0v) is 24.3. The lowest BCUT2D eigenvalue weighted by Crippen LogP contribution is -2.58. The van der Waals surface area contributed by atoms with E-state index in [0.29, 0.717) is 0 Å². The van der Waals surface area contributed by atoms with E-state index in [2.05, 4.69) is 0 Å². The molecule has 0 spiro atoms. The number of hydrogen-bond acceptors (Lipinski definition) is 10. The standard InChI is InChI=1S/C20H39NO10S2Si/c1-19(2,3)29-18(23)21-14(11-12-16(21)22)17(31-34(9,10)20(4,5)6)15(30-33(8,26)27)13-28-32(7,24)25/h14-15,17H,11-13H2,1-10H3/t14-,15-,17+/m1/s1. The van der Waals surface area contributed by atoms with Crippen LogP contribution in [0.15, 0.2) is 0 Å². The van der Waals surface area contributed by atoms with Gasteiger partial charge in [0.05, 0.1) is 31.3 Å². The minimum atomic E-state index is -4.10. The first-order chi connectivity index (χ1) is 14.9. The summed E-state index contributed by atoms with van der Waals surface area (Å²) in [4.78, 5) is 26.5. The highest BCUT2D eigenvalue weighted by molar-refractivity contribution is 7.86. The molecule has 3 atom stereocenters. The third-order valence-corrected chi connectivity index (χ3v) is 11.2. The third-order valence-electron chi connectivity index (χ3n) is 5.57. The number of likely N-dealkylation sites (tertiary alicyclic amines) is 1. The lowest BCUT2D eigenvalue weighted by molar-refractivity contribution is -0.130. The van der Waals surface area contributed by atoms with Crippen molar-refractivity contribution in [2.75, 3.05) is 19.1 Å². The van der Waals surface area contributed by atoms with Crippen LogP contribution in [0.2, 0.25) is 18.1 Å². The number of carbonyl (C=O) groups is 2. The number of ether oxygens (including phenoxy) is 1. The van der Waals surface area contributed by atoms with Crippen molar-refractivity contribution in [1.82, 2.24) is 4.90 Å². The Morgan fingerprint density at radius 2 is 1.59 bits per heavy atom. The van der Waals surface area contributed by atoms with Gasteiger partial charge in [-0.1, -0.05) is 20.8 Å². The molecule has 0 N–H and O–H groups in total. The van der Waals surface area contributed by atoms with Gasteiger partial charge in [0.15, 0.2) is 8.32 Å². The van der Waals surface area contributed by atoms with E-state index < -0.39 is 71.0 Å². The molecule has 0 aromatic heterocycles. The maximum absolute atomic E-state index is 12.9. The molecule has 1 aliphatic rings. The topological polar surface area (TPSA) is 143 Å². The minimum Gasteiger partial charge on any atom is -0.443 e. The Labute approximate surface area is 204 Å². The SMILES string of the molecule is CC(C)(C)OC(=O)N1C(=O)CC[C@@H]1[C@H](O[Si](C)(C)C(C)(C)C)[C@@H](COS(C)(=O)=O)OS(C)(=O)=O.